The predicted octanol–water partition coefficient (Wildman–Crippen LogP) is 4.54. The average Bonchev–Trinajstić information content (AvgIpc) is 3.04. The van der Waals surface area contributed by atoms with Gasteiger partial charge < -0.3 is 15.1 Å². The molecule has 150 valence electrons. The summed E-state index contributed by atoms with van der Waals surface area (Å²) in [5, 5.41) is 6.68. The molecule has 1 heterocycles. The number of aliphatic imine (C=N–C) groups is 1. The average molecular weight is 484 g/mol. The van der Waals surface area contributed by atoms with Gasteiger partial charge in [0.05, 0.1) is 12.7 Å². The topological polar surface area (TPSA) is 62.5 Å². The van der Waals surface area contributed by atoms with Gasteiger partial charge in [0.25, 0.3) is 0 Å². The first-order valence-electron chi connectivity index (χ1n) is 9.09. The summed E-state index contributed by atoms with van der Waals surface area (Å²) in [4.78, 5) is 8.65. The molecule has 2 aromatic rings. The fraction of sp³-hybridized carbons (Fsp3) is 0.524. The maximum Gasteiger partial charge on any atom is 0.213 e. The normalized spacial score (nSPS) is 12.5. The Hall–Kier alpha value is -1.57. The van der Waals surface area contributed by atoms with Gasteiger partial charge in [-0.25, -0.2) is 4.98 Å². The molecular formula is C21H33IN4O. The molecule has 5 nitrogen and oxygen atoms in total. The lowest BCUT2D eigenvalue weighted by Gasteiger charge is -2.28. The van der Waals surface area contributed by atoms with Crippen LogP contribution in [-0.2, 0) is 17.4 Å². The van der Waals surface area contributed by atoms with Crippen LogP contribution >= 0.6 is 24.0 Å². The predicted molar refractivity (Wildman–Crippen MR) is 123 cm³/mol. The van der Waals surface area contributed by atoms with Crippen molar-refractivity contribution in [2.45, 2.75) is 58.9 Å². The standard InChI is InChI=1S/C21H32N4O.HI/c1-15-10-8-9-11-16(15)21(5,6)14-25-19(22-7)24-13-18-23-12-17(26-18)20(2,3)4;/h8-12H,13-14H2,1-7H3,(H2,22,24,25);1H. The van der Waals surface area contributed by atoms with Crippen molar-refractivity contribution in [1.82, 2.24) is 15.6 Å². The molecule has 0 aliphatic heterocycles. The minimum absolute atomic E-state index is 0. The molecule has 1 aromatic heterocycles. The van der Waals surface area contributed by atoms with Crippen LogP contribution in [0.5, 0.6) is 0 Å². The van der Waals surface area contributed by atoms with E-state index in [0.717, 1.165) is 18.3 Å². The number of aryl methyl sites for hydroxylation is 1. The maximum absolute atomic E-state index is 5.82. The lowest BCUT2D eigenvalue weighted by atomic mass is 9.82. The van der Waals surface area contributed by atoms with Gasteiger partial charge in [0.1, 0.15) is 5.76 Å². The second kappa shape index (κ2) is 9.57. The van der Waals surface area contributed by atoms with E-state index >= 15 is 0 Å². The van der Waals surface area contributed by atoms with Gasteiger partial charge in [-0.3, -0.25) is 4.99 Å². The van der Waals surface area contributed by atoms with Crippen LogP contribution in [0.25, 0.3) is 0 Å². The Morgan fingerprint density at radius 1 is 1.11 bits per heavy atom. The Morgan fingerprint density at radius 3 is 2.33 bits per heavy atom. The smallest absolute Gasteiger partial charge is 0.213 e. The molecule has 0 saturated heterocycles. The van der Waals surface area contributed by atoms with Gasteiger partial charge in [0.2, 0.25) is 5.89 Å². The number of nitrogens with zero attached hydrogens (tertiary/aromatic N) is 2. The Morgan fingerprint density at radius 2 is 1.78 bits per heavy atom. The summed E-state index contributed by atoms with van der Waals surface area (Å²) < 4.78 is 5.82. The molecule has 0 fully saturated rings. The van der Waals surface area contributed by atoms with E-state index < -0.39 is 0 Å². The highest BCUT2D eigenvalue weighted by Crippen LogP contribution is 2.25. The molecule has 0 unspecified atom stereocenters. The van der Waals surface area contributed by atoms with Gasteiger partial charge in [-0.1, -0.05) is 58.9 Å². The molecule has 0 aliphatic rings. The van der Waals surface area contributed by atoms with Gasteiger partial charge in [-0.05, 0) is 18.1 Å². The van der Waals surface area contributed by atoms with Crippen LogP contribution < -0.4 is 10.6 Å². The van der Waals surface area contributed by atoms with Crippen molar-refractivity contribution in [1.29, 1.82) is 0 Å². The lowest BCUT2D eigenvalue weighted by Crippen LogP contribution is -2.43. The van der Waals surface area contributed by atoms with Crippen molar-refractivity contribution in [2.75, 3.05) is 13.6 Å². The van der Waals surface area contributed by atoms with Crippen LogP contribution in [0, 0.1) is 6.92 Å². The van der Waals surface area contributed by atoms with Gasteiger partial charge in [-0.2, -0.15) is 0 Å². The van der Waals surface area contributed by atoms with E-state index in [1.54, 1.807) is 13.2 Å². The highest BCUT2D eigenvalue weighted by molar-refractivity contribution is 14.0. The molecule has 0 amide bonds. The Kier molecular flexibility index (Phi) is 8.32. The molecule has 0 aliphatic carbocycles. The van der Waals surface area contributed by atoms with Crippen molar-refractivity contribution in [2.24, 2.45) is 4.99 Å². The minimum atomic E-state index is -0.0389. The summed E-state index contributed by atoms with van der Waals surface area (Å²) in [7, 11) is 1.77. The van der Waals surface area contributed by atoms with Crippen LogP contribution in [-0.4, -0.2) is 24.5 Å². The molecule has 6 heteroatoms. The highest BCUT2D eigenvalue weighted by Gasteiger charge is 2.23. The number of oxazole rings is 1. The zero-order valence-corrected chi connectivity index (χ0v) is 19.8. The lowest BCUT2D eigenvalue weighted by molar-refractivity contribution is 0.379. The number of guanidine groups is 1. The van der Waals surface area contributed by atoms with Gasteiger partial charge >= 0.3 is 0 Å². The fourth-order valence-electron chi connectivity index (χ4n) is 2.85. The first-order valence-corrected chi connectivity index (χ1v) is 9.09. The molecule has 0 spiro atoms. The second-order valence-corrected chi connectivity index (χ2v) is 8.35. The Labute approximate surface area is 180 Å². The van der Waals surface area contributed by atoms with Crippen molar-refractivity contribution >= 4 is 29.9 Å². The first kappa shape index (κ1) is 23.5. The van der Waals surface area contributed by atoms with E-state index in [1.165, 1.54) is 11.1 Å². The third-order valence-electron chi connectivity index (χ3n) is 4.50. The SMILES string of the molecule is CN=C(NCc1ncc(C(C)(C)C)o1)NCC(C)(C)c1ccccc1C.I. The number of aromatic nitrogens is 1. The summed E-state index contributed by atoms with van der Waals surface area (Å²) in [5.74, 6) is 2.29. The number of nitrogens with one attached hydrogen (secondary N) is 2. The van der Waals surface area contributed by atoms with Crippen molar-refractivity contribution in [3.05, 3.63) is 53.2 Å². The third-order valence-corrected chi connectivity index (χ3v) is 4.50. The van der Waals surface area contributed by atoms with E-state index in [0.29, 0.717) is 12.4 Å². The van der Waals surface area contributed by atoms with E-state index in [1.807, 2.05) is 0 Å². The number of halogens is 1. The maximum atomic E-state index is 5.82. The summed E-state index contributed by atoms with van der Waals surface area (Å²) in [6, 6.07) is 8.51. The number of hydrogen-bond acceptors (Lipinski definition) is 3. The Balaban J connectivity index is 0.00000364. The van der Waals surface area contributed by atoms with E-state index in [9.17, 15) is 0 Å². The minimum Gasteiger partial charge on any atom is -0.443 e. The monoisotopic (exact) mass is 484 g/mol. The quantitative estimate of drug-likeness (QED) is 0.372. The second-order valence-electron chi connectivity index (χ2n) is 8.35. The summed E-state index contributed by atoms with van der Waals surface area (Å²) in [5.41, 5.74) is 2.59. The highest BCUT2D eigenvalue weighted by atomic mass is 127. The largest absolute Gasteiger partial charge is 0.443 e. The van der Waals surface area contributed by atoms with E-state index in [2.05, 4.69) is 86.4 Å². The van der Waals surface area contributed by atoms with Crippen LogP contribution in [0.3, 0.4) is 0 Å². The van der Waals surface area contributed by atoms with Crippen LogP contribution in [0.1, 0.15) is 57.4 Å². The zero-order chi connectivity index (χ0) is 19.4. The molecule has 0 radical (unpaired) electrons. The third kappa shape index (κ3) is 6.52. The Bertz CT molecular complexity index is 760. The van der Waals surface area contributed by atoms with Gasteiger partial charge in [-0.15, -0.1) is 24.0 Å². The molecule has 0 saturated carbocycles. The molecule has 2 rings (SSSR count). The van der Waals surface area contributed by atoms with E-state index in [4.69, 9.17) is 4.42 Å². The van der Waals surface area contributed by atoms with Crippen molar-refractivity contribution < 1.29 is 4.42 Å². The number of hydrogen-bond donors (Lipinski definition) is 2. The molecule has 0 atom stereocenters. The molecule has 27 heavy (non-hydrogen) atoms. The first-order chi connectivity index (χ1) is 12.1. The molecule has 2 N–H and O–H groups in total. The molecular weight excluding hydrogens is 451 g/mol. The number of benzene rings is 1. The summed E-state index contributed by atoms with van der Waals surface area (Å²) in [6.07, 6.45) is 1.80. The van der Waals surface area contributed by atoms with Crippen molar-refractivity contribution in [3.8, 4) is 0 Å². The summed E-state index contributed by atoms with van der Waals surface area (Å²) in [6.45, 7) is 14.2. The van der Waals surface area contributed by atoms with Crippen molar-refractivity contribution in [3.63, 3.8) is 0 Å². The van der Waals surface area contributed by atoms with Crippen LogP contribution in [0.2, 0.25) is 0 Å². The fourth-order valence-corrected chi connectivity index (χ4v) is 2.85. The van der Waals surface area contributed by atoms with Gasteiger partial charge in [0, 0.05) is 24.4 Å². The summed E-state index contributed by atoms with van der Waals surface area (Å²) >= 11 is 0. The van der Waals surface area contributed by atoms with E-state index in [-0.39, 0.29) is 34.8 Å². The molecule has 1 aromatic carbocycles. The van der Waals surface area contributed by atoms with Gasteiger partial charge in [0.15, 0.2) is 5.96 Å². The van der Waals surface area contributed by atoms with Crippen LogP contribution in [0.15, 0.2) is 39.9 Å². The number of rotatable bonds is 5. The van der Waals surface area contributed by atoms with Crippen LogP contribution in [0.4, 0.5) is 0 Å². The molecule has 0 bridgehead atoms. The zero-order valence-electron chi connectivity index (χ0n) is 17.5.